The van der Waals surface area contributed by atoms with Gasteiger partial charge in [-0.1, -0.05) is 24.3 Å². The third-order valence-electron chi connectivity index (χ3n) is 5.82. The fraction of sp³-hybridized carbons (Fsp3) is 0.292. The molecule has 158 valence electrons. The molecule has 0 bridgehead atoms. The Morgan fingerprint density at radius 3 is 2.58 bits per heavy atom. The van der Waals surface area contributed by atoms with E-state index in [1.165, 1.54) is 22.4 Å². The highest BCUT2D eigenvalue weighted by Gasteiger charge is 2.25. The van der Waals surface area contributed by atoms with E-state index in [1.54, 1.807) is 23.5 Å². The number of rotatable bonds is 3. The number of carbonyl (C=O) groups is 1. The number of piperazine rings is 1. The van der Waals surface area contributed by atoms with Crippen LogP contribution < -0.4 is 4.90 Å². The SMILES string of the molecule is CCc1ccc2nc(N3CCN(C(=O)c4cc(C)nc5ccc(F)cc45)CC3)sc2c1. The average Bonchev–Trinajstić information content (AvgIpc) is 3.22. The third kappa shape index (κ3) is 3.74. The van der Waals surface area contributed by atoms with Crippen molar-refractivity contribution in [1.82, 2.24) is 14.9 Å². The summed E-state index contributed by atoms with van der Waals surface area (Å²) in [5.41, 5.74) is 4.25. The van der Waals surface area contributed by atoms with Gasteiger partial charge in [0.25, 0.3) is 5.91 Å². The maximum absolute atomic E-state index is 13.8. The maximum atomic E-state index is 13.8. The van der Waals surface area contributed by atoms with Crippen molar-refractivity contribution in [1.29, 1.82) is 0 Å². The van der Waals surface area contributed by atoms with Crippen LogP contribution in [0.1, 0.15) is 28.5 Å². The van der Waals surface area contributed by atoms with E-state index in [0.29, 0.717) is 29.6 Å². The maximum Gasteiger partial charge on any atom is 0.254 e. The molecular weight excluding hydrogens is 411 g/mol. The van der Waals surface area contributed by atoms with Crippen molar-refractivity contribution in [3.63, 3.8) is 0 Å². The summed E-state index contributed by atoms with van der Waals surface area (Å²) in [5, 5.41) is 1.57. The largest absolute Gasteiger partial charge is 0.345 e. The van der Waals surface area contributed by atoms with E-state index >= 15 is 0 Å². The van der Waals surface area contributed by atoms with Crippen LogP contribution in [0.5, 0.6) is 0 Å². The molecule has 0 unspecified atom stereocenters. The molecule has 0 aliphatic carbocycles. The van der Waals surface area contributed by atoms with Gasteiger partial charge in [-0.3, -0.25) is 9.78 Å². The molecule has 5 nitrogen and oxygen atoms in total. The van der Waals surface area contributed by atoms with Crippen molar-refractivity contribution in [3.05, 3.63) is 65.1 Å². The van der Waals surface area contributed by atoms with Crippen molar-refractivity contribution in [2.24, 2.45) is 0 Å². The second-order valence-corrected chi connectivity index (χ2v) is 8.91. The molecule has 0 spiro atoms. The van der Waals surface area contributed by atoms with Crippen LogP contribution in [0.2, 0.25) is 0 Å². The van der Waals surface area contributed by atoms with Crippen LogP contribution in [0.15, 0.2) is 42.5 Å². The van der Waals surface area contributed by atoms with Gasteiger partial charge in [0.15, 0.2) is 5.13 Å². The Hall–Kier alpha value is -3.06. The fourth-order valence-corrected chi connectivity index (χ4v) is 5.17. The Bertz CT molecular complexity index is 1290. The fourth-order valence-electron chi connectivity index (χ4n) is 4.09. The molecule has 1 fully saturated rings. The number of halogens is 1. The van der Waals surface area contributed by atoms with Gasteiger partial charge in [0, 0.05) is 37.3 Å². The number of benzene rings is 2. The number of anilines is 1. The molecule has 0 saturated carbocycles. The second kappa shape index (κ2) is 7.89. The van der Waals surface area contributed by atoms with Crippen LogP contribution in [0.3, 0.4) is 0 Å². The third-order valence-corrected chi connectivity index (χ3v) is 6.90. The van der Waals surface area contributed by atoms with Crippen LogP contribution >= 0.6 is 11.3 Å². The van der Waals surface area contributed by atoms with Gasteiger partial charge in [0.2, 0.25) is 0 Å². The minimum atomic E-state index is -0.362. The van der Waals surface area contributed by atoms with Gasteiger partial charge in [-0.25, -0.2) is 9.37 Å². The summed E-state index contributed by atoms with van der Waals surface area (Å²) >= 11 is 1.71. The molecule has 5 rings (SSSR count). The smallest absolute Gasteiger partial charge is 0.254 e. The van der Waals surface area contributed by atoms with Gasteiger partial charge in [-0.15, -0.1) is 0 Å². The van der Waals surface area contributed by atoms with E-state index < -0.39 is 0 Å². The van der Waals surface area contributed by atoms with Gasteiger partial charge in [0.1, 0.15) is 5.82 Å². The normalized spacial score (nSPS) is 14.5. The summed E-state index contributed by atoms with van der Waals surface area (Å²) in [7, 11) is 0. The van der Waals surface area contributed by atoms with E-state index in [1.807, 2.05) is 11.8 Å². The zero-order valence-electron chi connectivity index (χ0n) is 17.6. The lowest BCUT2D eigenvalue weighted by Gasteiger charge is -2.34. The molecule has 4 aromatic rings. The number of carbonyl (C=O) groups excluding carboxylic acids is 1. The molecular formula is C24H23FN4OS. The summed E-state index contributed by atoms with van der Waals surface area (Å²) in [4.78, 5) is 26.6. The second-order valence-electron chi connectivity index (χ2n) is 7.90. The van der Waals surface area contributed by atoms with Crippen LogP contribution in [0.25, 0.3) is 21.1 Å². The van der Waals surface area contributed by atoms with E-state index in [4.69, 9.17) is 4.98 Å². The highest BCUT2D eigenvalue weighted by atomic mass is 32.1. The minimum Gasteiger partial charge on any atom is -0.345 e. The first-order valence-electron chi connectivity index (χ1n) is 10.5. The van der Waals surface area contributed by atoms with E-state index in [-0.39, 0.29) is 11.7 Å². The molecule has 2 aromatic carbocycles. The Kier molecular flexibility index (Phi) is 5.06. The highest BCUT2D eigenvalue weighted by molar-refractivity contribution is 7.22. The lowest BCUT2D eigenvalue weighted by Crippen LogP contribution is -2.48. The summed E-state index contributed by atoms with van der Waals surface area (Å²) in [5.74, 6) is -0.434. The van der Waals surface area contributed by atoms with E-state index in [0.717, 1.165) is 35.9 Å². The Morgan fingerprint density at radius 2 is 1.81 bits per heavy atom. The topological polar surface area (TPSA) is 49.3 Å². The number of pyridine rings is 1. The Balaban J connectivity index is 1.35. The molecule has 1 saturated heterocycles. The average molecular weight is 435 g/mol. The molecule has 3 heterocycles. The minimum absolute atomic E-state index is 0.0716. The van der Waals surface area contributed by atoms with Crippen molar-refractivity contribution in [2.45, 2.75) is 20.3 Å². The highest BCUT2D eigenvalue weighted by Crippen LogP contribution is 2.30. The molecule has 7 heteroatoms. The van der Waals surface area contributed by atoms with Crippen LogP contribution in [-0.2, 0) is 6.42 Å². The first-order chi connectivity index (χ1) is 15.0. The first-order valence-corrected chi connectivity index (χ1v) is 11.3. The van der Waals surface area contributed by atoms with Gasteiger partial charge in [0.05, 0.1) is 21.3 Å². The number of fused-ring (bicyclic) bond motifs is 2. The number of aromatic nitrogens is 2. The predicted molar refractivity (Wildman–Crippen MR) is 124 cm³/mol. The number of hydrogen-bond acceptors (Lipinski definition) is 5. The predicted octanol–water partition coefficient (Wildman–Crippen LogP) is 4.82. The number of nitrogens with zero attached hydrogens (tertiary/aromatic N) is 4. The summed E-state index contributed by atoms with van der Waals surface area (Å²) in [6, 6.07) is 12.6. The van der Waals surface area contributed by atoms with E-state index in [2.05, 4.69) is 35.0 Å². The van der Waals surface area contributed by atoms with Gasteiger partial charge in [-0.2, -0.15) is 0 Å². The van der Waals surface area contributed by atoms with Crippen molar-refractivity contribution in [3.8, 4) is 0 Å². The Morgan fingerprint density at radius 1 is 1.03 bits per heavy atom. The first kappa shape index (κ1) is 19.9. The molecule has 31 heavy (non-hydrogen) atoms. The van der Waals surface area contributed by atoms with Crippen molar-refractivity contribution in [2.75, 3.05) is 31.1 Å². The quantitative estimate of drug-likeness (QED) is 0.464. The summed E-state index contributed by atoms with van der Waals surface area (Å²) < 4.78 is 15.0. The molecule has 0 N–H and O–H groups in total. The van der Waals surface area contributed by atoms with Gasteiger partial charge >= 0.3 is 0 Å². The summed E-state index contributed by atoms with van der Waals surface area (Å²) in [6.45, 7) is 6.67. The van der Waals surface area contributed by atoms with Crippen LogP contribution in [0, 0.1) is 12.7 Å². The zero-order chi connectivity index (χ0) is 21.5. The van der Waals surface area contributed by atoms with Crippen LogP contribution in [0.4, 0.5) is 9.52 Å². The van der Waals surface area contributed by atoms with Gasteiger partial charge < -0.3 is 9.80 Å². The molecule has 2 aromatic heterocycles. The number of hydrogen-bond donors (Lipinski definition) is 0. The Labute approximate surface area is 184 Å². The number of thiazole rings is 1. The van der Waals surface area contributed by atoms with E-state index in [9.17, 15) is 9.18 Å². The molecule has 1 aliphatic rings. The lowest BCUT2D eigenvalue weighted by molar-refractivity contribution is 0.0748. The number of amides is 1. The molecule has 1 aliphatic heterocycles. The van der Waals surface area contributed by atoms with Crippen molar-refractivity contribution >= 4 is 43.5 Å². The van der Waals surface area contributed by atoms with Crippen molar-refractivity contribution < 1.29 is 9.18 Å². The lowest BCUT2D eigenvalue weighted by atomic mass is 10.1. The molecule has 0 atom stereocenters. The molecule has 0 radical (unpaired) electrons. The van der Waals surface area contributed by atoms with Gasteiger partial charge in [-0.05, 0) is 55.3 Å². The summed E-state index contributed by atoms with van der Waals surface area (Å²) in [6.07, 6.45) is 1.01. The zero-order valence-corrected chi connectivity index (χ0v) is 18.4. The monoisotopic (exact) mass is 434 g/mol. The standard InChI is InChI=1S/C24H23FN4OS/c1-3-16-4-6-21-22(13-16)31-24(27-21)29-10-8-28(9-11-29)23(30)19-12-15(2)26-20-7-5-17(25)14-18(19)20/h4-7,12-14H,3,8-11H2,1-2H3. The number of aryl methyl sites for hydroxylation is 2. The van der Waals surface area contributed by atoms with Crippen LogP contribution in [-0.4, -0.2) is 47.0 Å². The molecule has 1 amide bonds.